The minimum Gasteiger partial charge on any atom is -0.488 e. The summed E-state index contributed by atoms with van der Waals surface area (Å²) >= 11 is 5.83. The third-order valence-electron chi connectivity index (χ3n) is 2.83. The Labute approximate surface area is 122 Å². The maximum atomic E-state index is 8.79. The molecule has 0 aliphatic rings. The van der Waals surface area contributed by atoms with E-state index < -0.39 is 0 Å². The quantitative estimate of drug-likeness (QED) is 0.393. The Balaban J connectivity index is 2.20. The van der Waals surface area contributed by atoms with Gasteiger partial charge in [-0.1, -0.05) is 35.0 Å². The van der Waals surface area contributed by atoms with E-state index in [9.17, 15) is 0 Å². The van der Waals surface area contributed by atoms with Gasteiger partial charge in [0, 0.05) is 5.02 Å². The molecule has 104 valence electrons. The molecule has 5 heteroatoms. The van der Waals surface area contributed by atoms with E-state index in [1.165, 1.54) is 0 Å². The molecule has 0 aromatic heterocycles. The lowest BCUT2D eigenvalue weighted by atomic mass is 10.1. The van der Waals surface area contributed by atoms with Gasteiger partial charge in [-0.05, 0) is 42.3 Å². The molecule has 0 aliphatic carbocycles. The lowest BCUT2D eigenvalue weighted by Gasteiger charge is -2.11. The van der Waals surface area contributed by atoms with Crippen molar-refractivity contribution in [3.8, 4) is 5.75 Å². The molecule has 0 unspecified atom stereocenters. The fourth-order valence-corrected chi connectivity index (χ4v) is 1.88. The zero-order chi connectivity index (χ0) is 14.5. The highest BCUT2D eigenvalue weighted by molar-refractivity contribution is 6.30. The van der Waals surface area contributed by atoms with E-state index in [1.807, 2.05) is 31.2 Å². The standard InChI is InChI=1S/C15H15ClN2O2/c1-10-2-7-13(15(17)18-19)14(8-10)20-9-11-3-5-12(16)6-4-11/h2-8,19H,9H2,1H3,(H2,17,18). The van der Waals surface area contributed by atoms with Crippen LogP contribution in [0.15, 0.2) is 47.6 Å². The van der Waals surface area contributed by atoms with Crippen molar-refractivity contribution in [2.75, 3.05) is 0 Å². The predicted octanol–water partition coefficient (Wildman–Crippen LogP) is 3.32. The number of hydrogen-bond donors (Lipinski definition) is 2. The van der Waals surface area contributed by atoms with Gasteiger partial charge in [-0.25, -0.2) is 0 Å². The number of rotatable bonds is 4. The van der Waals surface area contributed by atoms with Gasteiger partial charge in [0.1, 0.15) is 12.4 Å². The van der Waals surface area contributed by atoms with Crippen molar-refractivity contribution in [1.29, 1.82) is 0 Å². The number of nitrogens with two attached hydrogens (primary N) is 1. The fourth-order valence-electron chi connectivity index (χ4n) is 1.76. The molecule has 2 aromatic rings. The Kier molecular flexibility index (Phi) is 4.48. The van der Waals surface area contributed by atoms with Crippen molar-refractivity contribution < 1.29 is 9.94 Å². The molecule has 0 heterocycles. The smallest absolute Gasteiger partial charge is 0.173 e. The summed E-state index contributed by atoms with van der Waals surface area (Å²) < 4.78 is 5.75. The summed E-state index contributed by atoms with van der Waals surface area (Å²) in [5.41, 5.74) is 8.22. The minimum absolute atomic E-state index is 0.0242. The van der Waals surface area contributed by atoms with Crippen LogP contribution >= 0.6 is 11.6 Å². The Morgan fingerprint density at radius 2 is 1.95 bits per heavy atom. The first kappa shape index (κ1) is 14.2. The van der Waals surface area contributed by atoms with Gasteiger partial charge < -0.3 is 15.7 Å². The van der Waals surface area contributed by atoms with Crippen LogP contribution in [0.3, 0.4) is 0 Å². The highest BCUT2D eigenvalue weighted by Gasteiger charge is 2.09. The summed E-state index contributed by atoms with van der Waals surface area (Å²) in [5.74, 6) is 0.603. The summed E-state index contributed by atoms with van der Waals surface area (Å²) in [6, 6.07) is 12.9. The SMILES string of the molecule is Cc1ccc(C(N)=NO)c(OCc2ccc(Cl)cc2)c1. The van der Waals surface area contributed by atoms with Crippen LogP contribution in [-0.2, 0) is 6.61 Å². The van der Waals surface area contributed by atoms with Crippen molar-refractivity contribution in [2.45, 2.75) is 13.5 Å². The topological polar surface area (TPSA) is 67.8 Å². The first-order valence-electron chi connectivity index (χ1n) is 6.06. The maximum Gasteiger partial charge on any atom is 0.173 e. The molecular formula is C15H15ClN2O2. The number of halogens is 1. The lowest BCUT2D eigenvalue weighted by molar-refractivity contribution is 0.303. The van der Waals surface area contributed by atoms with Crippen molar-refractivity contribution in [2.24, 2.45) is 10.9 Å². The highest BCUT2D eigenvalue weighted by atomic mass is 35.5. The predicted molar refractivity (Wildman–Crippen MR) is 79.5 cm³/mol. The van der Waals surface area contributed by atoms with Gasteiger partial charge in [-0.3, -0.25) is 0 Å². The van der Waals surface area contributed by atoms with Crippen LogP contribution < -0.4 is 10.5 Å². The van der Waals surface area contributed by atoms with Gasteiger partial charge in [0.25, 0.3) is 0 Å². The highest BCUT2D eigenvalue weighted by Crippen LogP contribution is 2.21. The Morgan fingerprint density at radius 1 is 1.25 bits per heavy atom. The average molecular weight is 291 g/mol. The molecule has 0 saturated carbocycles. The Morgan fingerprint density at radius 3 is 2.60 bits per heavy atom. The van der Waals surface area contributed by atoms with Crippen molar-refractivity contribution >= 4 is 17.4 Å². The molecule has 0 aliphatic heterocycles. The number of benzene rings is 2. The van der Waals surface area contributed by atoms with Crippen LogP contribution in [0, 0.1) is 6.92 Å². The molecule has 0 spiro atoms. The van der Waals surface area contributed by atoms with Crippen LogP contribution in [0.4, 0.5) is 0 Å². The zero-order valence-electron chi connectivity index (χ0n) is 11.0. The molecule has 2 aromatic carbocycles. The Hall–Kier alpha value is -2.20. The van der Waals surface area contributed by atoms with E-state index in [0.29, 0.717) is 22.9 Å². The van der Waals surface area contributed by atoms with E-state index in [-0.39, 0.29) is 5.84 Å². The summed E-state index contributed by atoms with van der Waals surface area (Å²) in [6.45, 7) is 2.33. The van der Waals surface area contributed by atoms with Crippen molar-refractivity contribution in [1.82, 2.24) is 0 Å². The third-order valence-corrected chi connectivity index (χ3v) is 3.08. The molecule has 0 fully saturated rings. The molecule has 0 radical (unpaired) electrons. The van der Waals surface area contributed by atoms with Crippen LogP contribution in [0.5, 0.6) is 5.75 Å². The maximum absolute atomic E-state index is 8.79. The van der Waals surface area contributed by atoms with Gasteiger partial charge in [0.15, 0.2) is 5.84 Å². The molecule has 3 N–H and O–H groups in total. The van der Waals surface area contributed by atoms with E-state index in [1.54, 1.807) is 18.2 Å². The largest absolute Gasteiger partial charge is 0.488 e. The number of oxime groups is 1. The molecular weight excluding hydrogens is 276 g/mol. The van der Waals surface area contributed by atoms with Gasteiger partial charge in [-0.15, -0.1) is 0 Å². The summed E-state index contributed by atoms with van der Waals surface area (Å²) in [6.07, 6.45) is 0. The molecule has 2 rings (SSSR count). The Bertz CT molecular complexity index is 624. The first-order valence-corrected chi connectivity index (χ1v) is 6.43. The van der Waals surface area contributed by atoms with E-state index in [0.717, 1.165) is 11.1 Å². The second-order valence-corrected chi connectivity index (χ2v) is 4.84. The molecule has 0 bridgehead atoms. The fraction of sp³-hybridized carbons (Fsp3) is 0.133. The van der Waals surface area contributed by atoms with Crippen LogP contribution in [-0.4, -0.2) is 11.0 Å². The number of aryl methyl sites for hydroxylation is 1. The second kappa shape index (κ2) is 6.30. The number of ether oxygens (including phenoxy) is 1. The summed E-state index contributed by atoms with van der Waals surface area (Å²) in [5, 5.41) is 12.5. The van der Waals surface area contributed by atoms with Crippen LogP contribution in [0.25, 0.3) is 0 Å². The van der Waals surface area contributed by atoms with E-state index in [2.05, 4.69) is 5.16 Å². The van der Waals surface area contributed by atoms with Crippen LogP contribution in [0.1, 0.15) is 16.7 Å². The molecule has 0 amide bonds. The van der Waals surface area contributed by atoms with Crippen LogP contribution in [0.2, 0.25) is 5.02 Å². The number of nitrogens with zero attached hydrogens (tertiary/aromatic N) is 1. The van der Waals surface area contributed by atoms with Gasteiger partial charge >= 0.3 is 0 Å². The first-order chi connectivity index (χ1) is 9.60. The summed E-state index contributed by atoms with van der Waals surface area (Å²) in [4.78, 5) is 0. The van der Waals surface area contributed by atoms with E-state index >= 15 is 0 Å². The van der Waals surface area contributed by atoms with Crippen molar-refractivity contribution in [3.63, 3.8) is 0 Å². The van der Waals surface area contributed by atoms with Crippen molar-refractivity contribution in [3.05, 3.63) is 64.2 Å². The number of hydrogen-bond acceptors (Lipinski definition) is 3. The lowest BCUT2D eigenvalue weighted by Crippen LogP contribution is -2.15. The van der Waals surface area contributed by atoms with Gasteiger partial charge in [0.05, 0.1) is 5.56 Å². The molecule has 0 saturated heterocycles. The third kappa shape index (κ3) is 3.42. The van der Waals surface area contributed by atoms with E-state index in [4.69, 9.17) is 27.3 Å². The second-order valence-electron chi connectivity index (χ2n) is 4.40. The zero-order valence-corrected chi connectivity index (χ0v) is 11.8. The van der Waals surface area contributed by atoms with Gasteiger partial charge in [-0.2, -0.15) is 0 Å². The minimum atomic E-state index is 0.0242. The normalized spacial score (nSPS) is 11.4. The molecule has 4 nitrogen and oxygen atoms in total. The van der Waals surface area contributed by atoms with Gasteiger partial charge in [0.2, 0.25) is 0 Å². The molecule has 0 atom stereocenters. The average Bonchev–Trinajstić information content (AvgIpc) is 2.46. The molecule has 20 heavy (non-hydrogen) atoms. The summed E-state index contributed by atoms with van der Waals surface area (Å²) in [7, 11) is 0. The number of amidine groups is 1. The monoisotopic (exact) mass is 290 g/mol.